The molecule has 2 rings (SSSR count). The summed E-state index contributed by atoms with van der Waals surface area (Å²) in [6.07, 6.45) is 5.56. The fourth-order valence-corrected chi connectivity index (χ4v) is 2.15. The van der Waals surface area contributed by atoms with E-state index < -0.39 is 0 Å². The van der Waals surface area contributed by atoms with Gasteiger partial charge in [0, 0.05) is 31.4 Å². The van der Waals surface area contributed by atoms with E-state index in [0.717, 1.165) is 24.6 Å². The number of aromatic nitrogens is 2. The number of nitrogens with one attached hydrogen (secondary N) is 1. The normalized spacial score (nSPS) is 20.8. The van der Waals surface area contributed by atoms with Gasteiger partial charge in [0.1, 0.15) is 12.1 Å². The maximum atomic E-state index is 4.29. The molecule has 0 spiro atoms. The Balaban J connectivity index is 1.94. The lowest BCUT2D eigenvalue weighted by Crippen LogP contribution is -2.42. The Morgan fingerprint density at radius 2 is 2.31 bits per heavy atom. The van der Waals surface area contributed by atoms with Crippen LogP contribution in [0, 0.1) is 6.92 Å². The highest BCUT2D eigenvalue weighted by atomic mass is 15.2. The quantitative estimate of drug-likeness (QED) is 0.835. The van der Waals surface area contributed by atoms with Gasteiger partial charge in [0.15, 0.2) is 0 Å². The first-order valence-corrected chi connectivity index (χ1v) is 5.99. The minimum atomic E-state index is 0.606. The van der Waals surface area contributed by atoms with Gasteiger partial charge in [-0.15, -0.1) is 0 Å². The Hall–Kier alpha value is -1.16. The van der Waals surface area contributed by atoms with Crippen LogP contribution in [0.3, 0.4) is 0 Å². The Morgan fingerprint density at radius 3 is 3.00 bits per heavy atom. The molecular formula is C12H20N4. The van der Waals surface area contributed by atoms with Crippen LogP contribution >= 0.6 is 0 Å². The summed E-state index contributed by atoms with van der Waals surface area (Å²) in [4.78, 5) is 10.6. The highest BCUT2D eigenvalue weighted by Crippen LogP contribution is 2.12. The molecule has 1 aromatic rings. The lowest BCUT2D eigenvalue weighted by atomic mass is 10.0. The van der Waals surface area contributed by atoms with Crippen molar-refractivity contribution in [2.75, 3.05) is 25.0 Å². The molecule has 1 fully saturated rings. The van der Waals surface area contributed by atoms with Gasteiger partial charge in [-0.1, -0.05) is 6.42 Å². The zero-order chi connectivity index (χ0) is 11.4. The maximum absolute atomic E-state index is 4.29. The van der Waals surface area contributed by atoms with Crippen LogP contribution in [0.5, 0.6) is 0 Å². The van der Waals surface area contributed by atoms with Gasteiger partial charge in [0.2, 0.25) is 0 Å². The third-order valence-corrected chi connectivity index (χ3v) is 3.09. The maximum Gasteiger partial charge on any atom is 0.131 e. The van der Waals surface area contributed by atoms with Crippen molar-refractivity contribution in [1.82, 2.24) is 15.3 Å². The van der Waals surface area contributed by atoms with Crippen LogP contribution < -0.4 is 10.2 Å². The topological polar surface area (TPSA) is 41.0 Å². The molecule has 1 unspecified atom stereocenters. The van der Waals surface area contributed by atoms with Crippen LogP contribution in [0.1, 0.15) is 25.0 Å². The fraction of sp³-hybridized carbons (Fsp3) is 0.667. The van der Waals surface area contributed by atoms with Crippen molar-refractivity contribution in [2.24, 2.45) is 0 Å². The molecule has 0 amide bonds. The number of nitrogens with zero attached hydrogens (tertiary/aromatic N) is 3. The molecule has 88 valence electrons. The van der Waals surface area contributed by atoms with E-state index in [1.165, 1.54) is 19.3 Å². The molecule has 0 aliphatic carbocycles. The zero-order valence-corrected chi connectivity index (χ0v) is 10.1. The van der Waals surface area contributed by atoms with Crippen LogP contribution in [0.4, 0.5) is 5.82 Å². The molecule has 4 nitrogen and oxygen atoms in total. The highest BCUT2D eigenvalue weighted by molar-refractivity contribution is 5.37. The van der Waals surface area contributed by atoms with Gasteiger partial charge in [-0.2, -0.15) is 0 Å². The number of aryl methyl sites for hydroxylation is 1. The summed E-state index contributed by atoms with van der Waals surface area (Å²) < 4.78 is 0. The first kappa shape index (κ1) is 11.3. The Kier molecular flexibility index (Phi) is 3.72. The van der Waals surface area contributed by atoms with Crippen molar-refractivity contribution < 1.29 is 0 Å². The first-order chi connectivity index (χ1) is 7.75. The predicted octanol–water partition coefficient (Wildman–Crippen LogP) is 1.36. The molecule has 2 heterocycles. The monoisotopic (exact) mass is 220 g/mol. The van der Waals surface area contributed by atoms with Gasteiger partial charge >= 0.3 is 0 Å². The van der Waals surface area contributed by atoms with Crippen molar-refractivity contribution >= 4 is 5.82 Å². The second kappa shape index (κ2) is 5.25. The summed E-state index contributed by atoms with van der Waals surface area (Å²) in [6, 6.07) is 2.64. The zero-order valence-electron chi connectivity index (χ0n) is 10.1. The van der Waals surface area contributed by atoms with Crippen LogP contribution in [-0.4, -0.2) is 36.1 Å². The Morgan fingerprint density at radius 1 is 1.44 bits per heavy atom. The standard InChI is InChI=1S/C12H20N4/c1-10-7-12(15-9-14-10)16(2)8-11-5-3-4-6-13-11/h7,9,11,13H,3-6,8H2,1-2H3. The number of hydrogen-bond acceptors (Lipinski definition) is 4. The minimum absolute atomic E-state index is 0.606. The fourth-order valence-electron chi connectivity index (χ4n) is 2.15. The minimum Gasteiger partial charge on any atom is -0.358 e. The van der Waals surface area contributed by atoms with E-state index >= 15 is 0 Å². The molecular weight excluding hydrogens is 200 g/mol. The third kappa shape index (κ3) is 2.92. The average Bonchev–Trinajstić information content (AvgIpc) is 2.30. The summed E-state index contributed by atoms with van der Waals surface area (Å²) in [5, 5.41) is 3.55. The van der Waals surface area contributed by atoms with E-state index in [1.54, 1.807) is 6.33 Å². The second-order valence-electron chi connectivity index (χ2n) is 4.54. The van der Waals surface area contributed by atoms with Crippen molar-refractivity contribution in [2.45, 2.75) is 32.2 Å². The molecule has 1 aliphatic rings. The summed E-state index contributed by atoms with van der Waals surface area (Å²) in [5.41, 5.74) is 1.02. The summed E-state index contributed by atoms with van der Waals surface area (Å²) in [6.45, 7) is 4.18. The number of rotatable bonds is 3. The summed E-state index contributed by atoms with van der Waals surface area (Å²) in [7, 11) is 2.10. The number of anilines is 1. The SMILES string of the molecule is Cc1cc(N(C)CC2CCCCN2)ncn1. The number of likely N-dealkylation sites (N-methyl/N-ethyl adjacent to an activating group) is 1. The van der Waals surface area contributed by atoms with E-state index in [4.69, 9.17) is 0 Å². The predicted molar refractivity (Wildman–Crippen MR) is 65.7 cm³/mol. The molecule has 16 heavy (non-hydrogen) atoms. The third-order valence-electron chi connectivity index (χ3n) is 3.09. The van der Waals surface area contributed by atoms with E-state index in [9.17, 15) is 0 Å². The first-order valence-electron chi connectivity index (χ1n) is 5.99. The Labute approximate surface area is 97.1 Å². The number of piperidine rings is 1. The van der Waals surface area contributed by atoms with Crippen LogP contribution in [0.2, 0.25) is 0 Å². The summed E-state index contributed by atoms with van der Waals surface area (Å²) >= 11 is 0. The van der Waals surface area contributed by atoms with Crippen LogP contribution in [0.15, 0.2) is 12.4 Å². The number of hydrogen-bond donors (Lipinski definition) is 1. The van der Waals surface area contributed by atoms with Gasteiger partial charge < -0.3 is 10.2 Å². The van der Waals surface area contributed by atoms with E-state index in [0.29, 0.717) is 6.04 Å². The van der Waals surface area contributed by atoms with Crippen molar-refractivity contribution in [1.29, 1.82) is 0 Å². The van der Waals surface area contributed by atoms with Gasteiger partial charge in [0.05, 0.1) is 0 Å². The van der Waals surface area contributed by atoms with Gasteiger partial charge in [0.25, 0.3) is 0 Å². The van der Waals surface area contributed by atoms with E-state index in [-0.39, 0.29) is 0 Å². The molecule has 1 atom stereocenters. The molecule has 1 aliphatic heterocycles. The van der Waals surface area contributed by atoms with Gasteiger partial charge in [-0.25, -0.2) is 9.97 Å². The summed E-state index contributed by atoms with van der Waals surface area (Å²) in [5.74, 6) is 1.01. The molecule has 1 aromatic heterocycles. The lowest BCUT2D eigenvalue weighted by Gasteiger charge is -2.28. The van der Waals surface area contributed by atoms with Crippen molar-refractivity contribution in [3.8, 4) is 0 Å². The molecule has 0 aromatic carbocycles. The van der Waals surface area contributed by atoms with Gasteiger partial charge in [-0.3, -0.25) is 0 Å². The molecule has 0 bridgehead atoms. The molecule has 0 saturated carbocycles. The van der Waals surface area contributed by atoms with E-state index in [1.807, 2.05) is 13.0 Å². The lowest BCUT2D eigenvalue weighted by molar-refractivity contribution is 0.403. The smallest absolute Gasteiger partial charge is 0.131 e. The largest absolute Gasteiger partial charge is 0.358 e. The van der Waals surface area contributed by atoms with Crippen molar-refractivity contribution in [3.05, 3.63) is 18.1 Å². The van der Waals surface area contributed by atoms with Crippen LogP contribution in [-0.2, 0) is 0 Å². The average molecular weight is 220 g/mol. The Bertz CT molecular complexity index is 334. The van der Waals surface area contributed by atoms with Crippen molar-refractivity contribution in [3.63, 3.8) is 0 Å². The molecule has 4 heteroatoms. The molecule has 1 saturated heterocycles. The molecule has 1 N–H and O–H groups in total. The van der Waals surface area contributed by atoms with Gasteiger partial charge in [-0.05, 0) is 26.3 Å². The highest BCUT2D eigenvalue weighted by Gasteiger charge is 2.15. The van der Waals surface area contributed by atoms with E-state index in [2.05, 4.69) is 27.2 Å². The second-order valence-corrected chi connectivity index (χ2v) is 4.54. The molecule has 0 radical (unpaired) electrons. The van der Waals surface area contributed by atoms with Crippen LogP contribution in [0.25, 0.3) is 0 Å².